The van der Waals surface area contributed by atoms with Crippen molar-refractivity contribution in [1.82, 2.24) is 4.72 Å². The topological polar surface area (TPSA) is 127 Å². The molecule has 4 N–H and O–H groups in total. The number of hydrogen-bond donors (Lipinski definition) is 3. The first-order chi connectivity index (χ1) is 9.13. The van der Waals surface area contributed by atoms with Crippen molar-refractivity contribution in [3.8, 4) is 0 Å². The van der Waals surface area contributed by atoms with E-state index in [1.54, 1.807) is 4.72 Å². The van der Waals surface area contributed by atoms with Gasteiger partial charge in [0.15, 0.2) is 0 Å². The lowest BCUT2D eigenvalue weighted by molar-refractivity contribution is -0.140. The van der Waals surface area contributed by atoms with Gasteiger partial charge in [0.05, 0.1) is 11.4 Å². The average molecular weight is 325 g/mol. The van der Waals surface area contributed by atoms with Gasteiger partial charge in [0.1, 0.15) is 16.8 Å². The molecule has 10 heteroatoms. The average Bonchev–Trinajstić information content (AvgIpc) is 2.30. The number of carboxylic acids is 1. The number of aliphatic carboxylic acids is 1. The van der Waals surface area contributed by atoms with Crippen LogP contribution < -0.4 is 10.5 Å². The minimum atomic E-state index is -4.41. The van der Waals surface area contributed by atoms with Crippen molar-refractivity contribution in [3.05, 3.63) is 29.0 Å². The third-order valence-electron chi connectivity index (χ3n) is 2.18. The van der Waals surface area contributed by atoms with E-state index >= 15 is 0 Å². The highest BCUT2D eigenvalue weighted by molar-refractivity contribution is 7.89. The summed E-state index contributed by atoms with van der Waals surface area (Å²) in [5.41, 5.74) is 4.82. The van der Waals surface area contributed by atoms with Crippen molar-refractivity contribution in [2.75, 3.05) is 0 Å². The van der Waals surface area contributed by atoms with Crippen LogP contribution in [0.5, 0.6) is 0 Å². The zero-order valence-electron chi connectivity index (χ0n) is 9.84. The maximum Gasteiger partial charge on any atom is 0.322 e. The monoisotopic (exact) mass is 324 g/mol. The van der Waals surface area contributed by atoms with Crippen LogP contribution in [-0.2, 0) is 19.6 Å². The molecule has 0 aliphatic carbocycles. The van der Waals surface area contributed by atoms with Gasteiger partial charge in [0.2, 0.25) is 15.9 Å². The standard InChI is InChI=1S/C10H10ClFN2O5S/c11-6-2-1-5(12)3-8(6)20(18,19)14-7(10(16)17)4-9(13)15/h1-3,7,14H,4H2,(H2,13,15)(H,16,17). The van der Waals surface area contributed by atoms with Crippen LogP contribution in [0.25, 0.3) is 0 Å². The van der Waals surface area contributed by atoms with Crippen LogP contribution >= 0.6 is 11.6 Å². The number of rotatable bonds is 6. The largest absolute Gasteiger partial charge is 0.480 e. The summed E-state index contributed by atoms with van der Waals surface area (Å²) in [5, 5.41) is 8.52. The Morgan fingerprint density at radius 3 is 2.55 bits per heavy atom. The lowest BCUT2D eigenvalue weighted by Gasteiger charge is -2.14. The highest BCUT2D eigenvalue weighted by atomic mass is 35.5. The molecule has 1 aromatic carbocycles. The fourth-order valence-electron chi connectivity index (χ4n) is 1.31. The van der Waals surface area contributed by atoms with E-state index < -0.39 is 45.1 Å². The third kappa shape index (κ3) is 4.15. The molecule has 0 saturated carbocycles. The number of nitrogens with two attached hydrogens (primary N) is 1. The van der Waals surface area contributed by atoms with Crippen LogP contribution in [0.3, 0.4) is 0 Å². The Kier molecular flexibility index (Phi) is 5.03. The van der Waals surface area contributed by atoms with E-state index in [-0.39, 0.29) is 5.02 Å². The number of primary amides is 1. The molecule has 0 bridgehead atoms. The van der Waals surface area contributed by atoms with Gasteiger partial charge in [-0.3, -0.25) is 9.59 Å². The second-order valence-electron chi connectivity index (χ2n) is 3.76. The smallest absolute Gasteiger partial charge is 0.322 e. The minimum Gasteiger partial charge on any atom is -0.480 e. The molecule has 1 amide bonds. The second-order valence-corrected chi connectivity index (χ2v) is 5.85. The summed E-state index contributed by atoms with van der Waals surface area (Å²) >= 11 is 5.62. The Labute approximate surface area is 118 Å². The Bertz CT molecular complexity index is 649. The quantitative estimate of drug-likeness (QED) is 0.683. The molecule has 0 fully saturated rings. The summed E-state index contributed by atoms with van der Waals surface area (Å²) in [6, 6.07) is 0.819. The zero-order chi connectivity index (χ0) is 15.5. The van der Waals surface area contributed by atoms with Crippen molar-refractivity contribution in [3.63, 3.8) is 0 Å². The lowest BCUT2D eigenvalue weighted by atomic mass is 10.2. The van der Waals surface area contributed by atoms with Crippen molar-refractivity contribution in [2.24, 2.45) is 5.73 Å². The number of carboxylic acid groups (broad SMARTS) is 1. The number of benzene rings is 1. The zero-order valence-corrected chi connectivity index (χ0v) is 11.4. The molecule has 0 spiro atoms. The molecular weight excluding hydrogens is 315 g/mol. The highest BCUT2D eigenvalue weighted by Crippen LogP contribution is 2.22. The van der Waals surface area contributed by atoms with Gasteiger partial charge in [-0.25, -0.2) is 12.8 Å². The molecule has 20 heavy (non-hydrogen) atoms. The maximum atomic E-state index is 13.0. The van der Waals surface area contributed by atoms with Crippen LogP contribution in [0.1, 0.15) is 6.42 Å². The molecule has 0 saturated heterocycles. The van der Waals surface area contributed by atoms with E-state index in [1.807, 2.05) is 0 Å². The first kappa shape index (κ1) is 16.3. The molecule has 0 heterocycles. The SMILES string of the molecule is NC(=O)CC(NS(=O)(=O)c1cc(F)ccc1Cl)C(=O)O. The summed E-state index contributed by atoms with van der Waals surface area (Å²) < 4.78 is 38.6. The molecule has 0 aromatic heterocycles. The van der Waals surface area contributed by atoms with E-state index in [0.29, 0.717) is 6.07 Å². The molecule has 7 nitrogen and oxygen atoms in total. The summed E-state index contributed by atoms with van der Waals surface area (Å²) in [4.78, 5) is 20.9. The predicted octanol–water partition coefficient (Wildman–Crippen LogP) is 0.0860. The van der Waals surface area contributed by atoms with Gasteiger partial charge in [0.25, 0.3) is 0 Å². The number of sulfonamides is 1. The Morgan fingerprint density at radius 1 is 1.45 bits per heavy atom. The van der Waals surface area contributed by atoms with Gasteiger partial charge in [-0.15, -0.1) is 0 Å². The van der Waals surface area contributed by atoms with E-state index in [2.05, 4.69) is 0 Å². The van der Waals surface area contributed by atoms with Crippen molar-refractivity contribution in [2.45, 2.75) is 17.4 Å². The van der Waals surface area contributed by atoms with Crippen LogP contribution in [0.2, 0.25) is 5.02 Å². The summed E-state index contributed by atoms with van der Waals surface area (Å²) in [6.07, 6.45) is -0.749. The third-order valence-corrected chi connectivity index (χ3v) is 4.14. The van der Waals surface area contributed by atoms with Gasteiger partial charge in [-0.2, -0.15) is 4.72 Å². The van der Waals surface area contributed by atoms with Crippen LogP contribution in [-0.4, -0.2) is 31.4 Å². The van der Waals surface area contributed by atoms with Crippen LogP contribution in [0, 0.1) is 5.82 Å². The molecule has 0 aliphatic heterocycles. The van der Waals surface area contributed by atoms with E-state index in [1.165, 1.54) is 0 Å². The van der Waals surface area contributed by atoms with Crippen LogP contribution in [0.4, 0.5) is 4.39 Å². The van der Waals surface area contributed by atoms with Crippen LogP contribution in [0.15, 0.2) is 23.1 Å². The molecule has 1 aromatic rings. The molecule has 110 valence electrons. The minimum absolute atomic E-state index is 0.290. The summed E-state index contributed by atoms with van der Waals surface area (Å²) in [5.74, 6) is -3.47. The van der Waals surface area contributed by atoms with Gasteiger partial charge in [-0.05, 0) is 18.2 Å². The molecule has 0 aliphatic rings. The molecule has 1 atom stereocenters. The fourth-order valence-corrected chi connectivity index (χ4v) is 3.01. The predicted molar refractivity (Wildman–Crippen MR) is 67.0 cm³/mol. The Balaban J connectivity index is 3.12. The first-order valence-electron chi connectivity index (χ1n) is 5.12. The Morgan fingerprint density at radius 2 is 2.05 bits per heavy atom. The number of amides is 1. The maximum absolute atomic E-state index is 13.0. The summed E-state index contributed by atoms with van der Waals surface area (Å²) in [6.45, 7) is 0. The first-order valence-corrected chi connectivity index (χ1v) is 6.98. The van der Waals surface area contributed by atoms with Gasteiger partial charge in [-0.1, -0.05) is 11.6 Å². The molecular formula is C10H10ClFN2O5S. The normalized spacial score (nSPS) is 12.9. The number of halogens is 2. The fraction of sp³-hybridized carbons (Fsp3) is 0.200. The van der Waals surface area contributed by atoms with Gasteiger partial charge >= 0.3 is 5.97 Å². The van der Waals surface area contributed by atoms with E-state index in [4.69, 9.17) is 22.4 Å². The van der Waals surface area contributed by atoms with Crippen molar-refractivity contribution >= 4 is 33.5 Å². The molecule has 0 radical (unpaired) electrons. The molecule has 1 unspecified atom stereocenters. The lowest BCUT2D eigenvalue weighted by Crippen LogP contribution is -2.43. The van der Waals surface area contributed by atoms with Gasteiger partial charge < -0.3 is 10.8 Å². The van der Waals surface area contributed by atoms with Gasteiger partial charge in [0, 0.05) is 0 Å². The Hall–Kier alpha value is -1.71. The van der Waals surface area contributed by atoms with E-state index in [9.17, 15) is 22.4 Å². The number of nitrogens with one attached hydrogen (secondary N) is 1. The molecule has 1 rings (SSSR count). The highest BCUT2D eigenvalue weighted by Gasteiger charge is 2.28. The number of carbonyl (C=O) groups is 2. The summed E-state index contributed by atoms with van der Waals surface area (Å²) in [7, 11) is -4.41. The second kappa shape index (κ2) is 6.16. The number of carbonyl (C=O) groups excluding carboxylic acids is 1. The van der Waals surface area contributed by atoms with E-state index in [0.717, 1.165) is 12.1 Å². The van der Waals surface area contributed by atoms with Crippen molar-refractivity contribution in [1.29, 1.82) is 0 Å². The number of hydrogen-bond acceptors (Lipinski definition) is 4. The van der Waals surface area contributed by atoms with Crippen molar-refractivity contribution < 1.29 is 27.5 Å².